The number of halogens is 1. The number of fused-ring (bicyclic) bond motifs is 3. The van der Waals surface area contributed by atoms with Crippen LogP contribution in [-0.4, -0.2) is 17.8 Å². The molecule has 0 aromatic heterocycles. The lowest BCUT2D eigenvalue weighted by Gasteiger charge is -2.46. The summed E-state index contributed by atoms with van der Waals surface area (Å²) in [4.78, 5) is 0. The number of hydrogen-bond acceptors (Lipinski definition) is 3. The molecule has 1 unspecified atom stereocenters. The van der Waals surface area contributed by atoms with Crippen molar-refractivity contribution in [2.75, 3.05) is 11.9 Å². The standard InChI is InChI=1S/C19H22ClNO2/c1-11-9-12(4-7-17(11)22)18-14-3-2-8-23-19(14)15-10-13(20)5-6-16(15)21-18/h4-7,10,12,14,18-19,21-22H,2-3,8-9H2,1H3/t12?,14-,18-,19-/m0/s1. The van der Waals surface area contributed by atoms with E-state index in [4.69, 9.17) is 16.3 Å². The fourth-order valence-corrected chi connectivity index (χ4v) is 4.41. The quantitative estimate of drug-likeness (QED) is 0.760. The minimum atomic E-state index is 0.122. The van der Waals surface area contributed by atoms with E-state index in [1.165, 1.54) is 5.56 Å². The first-order valence-corrected chi connectivity index (χ1v) is 8.76. The van der Waals surface area contributed by atoms with Crippen molar-refractivity contribution in [2.24, 2.45) is 11.8 Å². The van der Waals surface area contributed by atoms with E-state index >= 15 is 0 Å². The highest BCUT2D eigenvalue weighted by molar-refractivity contribution is 6.30. The van der Waals surface area contributed by atoms with E-state index in [0.717, 1.165) is 42.2 Å². The van der Waals surface area contributed by atoms with Crippen molar-refractivity contribution in [3.8, 4) is 0 Å². The van der Waals surface area contributed by atoms with Crippen LogP contribution in [0.1, 0.15) is 37.9 Å². The zero-order valence-electron chi connectivity index (χ0n) is 13.3. The Morgan fingerprint density at radius 3 is 3.04 bits per heavy atom. The first-order chi connectivity index (χ1) is 11.1. The van der Waals surface area contributed by atoms with E-state index in [-0.39, 0.29) is 6.10 Å². The summed E-state index contributed by atoms with van der Waals surface area (Å²) in [7, 11) is 0. The summed E-state index contributed by atoms with van der Waals surface area (Å²) in [6, 6.07) is 6.36. The molecule has 1 saturated heterocycles. The number of aliphatic hydroxyl groups excluding tert-OH is 1. The zero-order chi connectivity index (χ0) is 16.0. The molecule has 4 rings (SSSR count). The van der Waals surface area contributed by atoms with Gasteiger partial charge >= 0.3 is 0 Å². The van der Waals surface area contributed by atoms with Crippen molar-refractivity contribution in [2.45, 2.75) is 38.3 Å². The number of ether oxygens (including phenoxy) is 1. The summed E-state index contributed by atoms with van der Waals surface area (Å²) >= 11 is 6.20. The number of benzene rings is 1. The molecule has 3 aliphatic rings. The number of aliphatic hydroxyl groups is 1. The number of allylic oxidation sites excluding steroid dienone is 2. The average molecular weight is 332 g/mol. The number of nitrogens with one attached hydrogen (secondary N) is 1. The van der Waals surface area contributed by atoms with E-state index in [9.17, 15) is 5.11 Å². The molecule has 0 saturated carbocycles. The normalized spacial score (nSPS) is 33.0. The third kappa shape index (κ3) is 2.66. The molecule has 1 fully saturated rings. The molecule has 0 spiro atoms. The van der Waals surface area contributed by atoms with Gasteiger partial charge in [-0.05, 0) is 56.0 Å². The van der Waals surface area contributed by atoms with Gasteiger partial charge in [0.1, 0.15) is 5.76 Å². The van der Waals surface area contributed by atoms with Gasteiger partial charge in [0, 0.05) is 40.8 Å². The van der Waals surface area contributed by atoms with Gasteiger partial charge in [-0.1, -0.05) is 17.7 Å². The van der Waals surface area contributed by atoms with Crippen molar-refractivity contribution in [1.82, 2.24) is 0 Å². The minimum Gasteiger partial charge on any atom is -0.508 e. The van der Waals surface area contributed by atoms with Crippen LogP contribution < -0.4 is 5.32 Å². The third-order valence-electron chi connectivity index (χ3n) is 5.41. The Bertz CT molecular complexity index is 682. The van der Waals surface area contributed by atoms with Crippen molar-refractivity contribution < 1.29 is 9.84 Å². The molecule has 0 bridgehead atoms. The molecule has 23 heavy (non-hydrogen) atoms. The maximum Gasteiger partial charge on any atom is 0.114 e. The van der Waals surface area contributed by atoms with E-state index < -0.39 is 0 Å². The molecule has 1 aliphatic carbocycles. The maximum atomic E-state index is 9.85. The molecule has 2 N–H and O–H groups in total. The third-order valence-corrected chi connectivity index (χ3v) is 5.65. The SMILES string of the molecule is CC1=C(O)C=CC([C@@H]2Nc3ccc(Cl)cc3[C@H]3OCCC[C@H]32)C1. The fraction of sp³-hybridized carbons (Fsp3) is 0.474. The Morgan fingerprint density at radius 2 is 2.22 bits per heavy atom. The molecule has 1 aromatic carbocycles. The van der Waals surface area contributed by atoms with Gasteiger partial charge in [0.05, 0.1) is 6.10 Å². The predicted molar refractivity (Wildman–Crippen MR) is 92.9 cm³/mol. The van der Waals surface area contributed by atoms with Crippen LogP contribution in [0.25, 0.3) is 0 Å². The van der Waals surface area contributed by atoms with Crippen LogP contribution in [0.4, 0.5) is 5.69 Å². The van der Waals surface area contributed by atoms with Gasteiger partial charge in [-0.25, -0.2) is 0 Å². The lowest BCUT2D eigenvalue weighted by molar-refractivity contribution is -0.0419. The first-order valence-electron chi connectivity index (χ1n) is 8.38. The van der Waals surface area contributed by atoms with E-state index in [1.807, 2.05) is 25.1 Å². The summed E-state index contributed by atoms with van der Waals surface area (Å²) in [5.41, 5.74) is 3.38. The van der Waals surface area contributed by atoms with E-state index in [2.05, 4.69) is 17.5 Å². The highest BCUT2D eigenvalue weighted by atomic mass is 35.5. The van der Waals surface area contributed by atoms with Crippen molar-refractivity contribution in [3.05, 3.63) is 52.3 Å². The van der Waals surface area contributed by atoms with Crippen LogP contribution in [0.3, 0.4) is 0 Å². The second kappa shape index (κ2) is 5.88. The average Bonchev–Trinajstić information content (AvgIpc) is 2.57. The van der Waals surface area contributed by atoms with Crippen LogP contribution in [0, 0.1) is 11.8 Å². The molecule has 3 nitrogen and oxygen atoms in total. The molecule has 4 heteroatoms. The number of hydrogen-bond donors (Lipinski definition) is 2. The van der Waals surface area contributed by atoms with Crippen LogP contribution >= 0.6 is 11.6 Å². The highest BCUT2D eigenvalue weighted by Gasteiger charge is 2.42. The Kier molecular flexibility index (Phi) is 3.86. The summed E-state index contributed by atoms with van der Waals surface area (Å²) in [6.45, 7) is 2.83. The van der Waals surface area contributed by atoms with Gasteiger partial charge in [-0.3, -0.25) is 0 Å². The molecule has 2 aliphatic heterocycles. The molecule has 0 amide bonds. The monoisotopic (exact) mass is 331 g/mol. The molecule has 1 aromatic rings. The summed E-state index contributed by atoms with van der Waals surface area (Å²) in [6.07, 6.45) is 7.27. The minimum absolute atomic E-state index is 0.122. The Balaban J connectivity index is 1.69. The summed E-state index contributed by atoms with van der Waals surface area (Å²) in [5.74, 6) is 1.24. The van der Waals surface area contributed by atoms with Crippen LogP contribution in [-0.2, 0) is 4.74 Å². The molecular weight excluding hydrogens is 310 g/mol. The number of anilines is 1. The van der Waals surface area contributed by atoms with Gasteiger partial charge in [0.15, 0.2) is 0 Å². The van der Waals surface area contributed by atoms with Crippen LogP contribution in [0.2, 0.25) is 5.02 Å². The molecular formula is C19H22ClNO2. The van der Waals surface area contributed by atoms with Gasteiger partial charge in [0.25, 0.3) is 0 Å². The topological polar surface area (TPSA) is 41.5 Å². The van der Waals surface area contributed by atoms with Crippen molar-refractivity contribution in [1.29, 1.82) is 0 Å². The van der Waals surface area contributed by atoms with Gasteiger partial charge in [0.2, 0.25) is 0 Å². The van der Waals surface area contributed by atoms with Gasteiger partial charge in [-0.15, -0.1) is 0 Å². The summed E-state index contributed by atoms with van der Waals surface area (Å²) < 4.78 is 6.15. The number of rotatable bonds is 1. The molecule has 0 radical (unpaired) electrons. The Labute approximate surface area is 142 Å². The smallest absolute Gasteiger partial charge is 0.114 e. The Hall–Kier alpha value is -1.45. The second-order valence-electron chi connectivity index (χ2n) is 6.89. The maximum absolute atomic E-state index is 9.85. The van der Waals surface area contributed by atoms with Crippen molar-refractivity contribution >= 4 is 17.3 Å². The van der Waals surface area contributed by atoms with Gasteiger partial charge < -0.3 is 15.2 Å². The van der Waals surface area contributed by atoms with Crippen molar-refractivity contribution in [3.63, 3.8) is 0 Å². The largest absolute Gasteiger partial charge is 0.508 e. The van der Waals surface area contributed by atoms with E-state index in [1.54, 1.807) is 0 Å². The molecule has 2 heterocycles. The van der Waals surface area contributed by atoms with Gasteiger partial charge in [-0.2, -0.15) is 0 Å². The molecule has 4 atom stereocenters. The Morgan fingerprint density at radius 1 is 1.35 bits per heavy atom. The van der Waals surface area contributed by atoms with Crippen LogP contribution in [0.15, 0.2) is 41.7 Å². The van der Waals surface area contributed by atoms with E-state index in [0.29, 0.717) is 23.6 Å². The fourth-order valence-electron chi connectivity index (χ4n) is 4.23. The lowest BCUT2D eigenvalue weighted by Crippen LogP contribution is -2.45. The highest BCUT2D eigenvalue weighted by Crippen LogP contribution is 2.47. The van der Waals surface area contributed by atoms with Crippen LogP contribution in [0.5, 0.6) is 0 Å². The first kappa shape index (κ1) is 15.1. The predicted octanol–water partition coefficient (Wildman–Crippen LogP) is 5.01. The second-order valence-corrected chi connectivity index (χ2v) is 7.33. The lowest BCUT2D eigenvalue weighted by atomic mass is 9.73. The zero-order valence-corrected chi connectivity index (χ0v) is 14.0. The summed E-state index contributed by atoms with van der Waals surface area (Å²) in [5, 5.41) is 14.3. The molecule has 122 valence electrons.